The standard InChI is InChI=1S/C12H17N5S/c1-17-15-9-10(16-17)8-14-12(4-2-3-5-12)11-13-6-7-18-11/h6-7,9,14H,2-5,8H2,1H3. The number of hydrogen-bond acceptors (Lipinski definition) is 5. The Labute approximate surface area is 110 Å². The van der Waals surface area contributed by atoms with E-state index in [1.54, 1.807) is 16.1 Å². The van der Waals surface area contributed by atoms with Crippen molar-refractivity contribution in [3.63, 3.8) is 0 Å². The average molecular weight is 263 g/mol. The van der Waals surface area contributed by atoms with Crippen molar-refractivity contribution in [1.82, 2.24) is 25.3 Å². The molecule has 0 bridgehead atoms. The summed E-state index contributed by atoms with van der Waals surface area (Å²) in [4.78, 5) is 6.10. The van der Waals surface area contributed by atoms with E-state index < -0.39 is 0 Å². The summed E-state index contributed by atoms with van der Waals surface area (Å²) in [6.45, 7) is 0.757. The Morgan fingerprint density at radius 1 is 1.44 bits per heavy atom. The first-order valence-corrected chi connectivity index (χ1v) is 7.17. The molecule has 1 saturated carbocycles. The highest BCUT2D eigenvalue weighted by atomic mass is 32.1. The van der Waals surface area contributed by atoms with Gasteiger partial charge in [0.1, 0.15) is 5.01 Å². The lowest BCUT2D eigenvalue weighted by atomic mass is 9.98. The van der Waals surface area contributed by atoms with Crippen LogP contribution in [0.25, 0.3) is 0 Å². The van der Waals surface area contributed by atoms with Crippen LogP contribution in [0.2, 0.25) is 0 Å². The van der Waals surface area contributed by atoms with E-state index in [2.05, 4.69) is 25.9 Å². The molecular formula is C12H17N5S. The zero-order valence-electron chi connectivity index (χ0n) is 10.5. The molecule has 5 nitrogen and oxygen atoms in total. The van der Waals surface area contributed by atoms with E-state index in [9.17, 15) is 0 Å². The molecule has 1 aliphatic carbocycles. The van der Waals surface area contributed by atoms with Crippen LogP contribution in [0.5, 0.6) is 0 Å². The number of aromatic nitrogens is 4. The number of aryl methyl sites for hydroxylation is 1. The molecule has 2 aromatic heterocycles. The SMILES string of the molecule is Cn1ncc(CNC2(c3nccs3)CCCC2)n1. The summed E-state index contributed by atoms with van der Waals surface area (Å²) in [6.07, 6.45) is 8.59. The molecule has 0 atom stereocenters. The van der Waals surface area contributed by atoms with Crippen LogP contribution in [-0.2, 0) is 19.1 Å². The van der Waals surface area contributed by atoms with Crippen molar-refractivity contribution in [2.45, 2.75) is 37.8 Å². The second-order valence-electron chi connectivity index (χ2n) is 4.81. The first-order valence-electron chi connectivity index (χ1n) is 6.29. The quantitative estimate of drug-likeness (QED) is 0.914. The van der Waals surface area contributed by atoms with Gasteiger partial charge in [0.2, 0.25) is 0 Å². The van der Waals surface area contributed by atoms with Crippen LogP contribution in [0.1, 0.15) is 36.4 Å². The van der Waals surface area contributed by atoms with Crippen molar-refractivity contribution in [3.05, 3.63) is 28.5 Å². The molecule has 0 aliphatic heterocycles. The van der Waals surface area contributed by atoms with Crippen LogP contribution in [0.15, 0.2) is 17.8 Å². The third kappa shape index (κ3) is 2.18. The van der Waals surface area contributed by atoms with Gasteiger partial charge in [-0.15, -0.1) is 11.3 Å². The lowest BCUT2D eigenvalue weighted by molar-refractivity contribution is 0.335. The lowest BCUT2D eigenvalue weighted by Gasteiger charge is -2.27. The molecule has 1 N–H and O–H groups in total. The minimum absolute atomic E-state index is 0.0612. The number of hydrogen-bond donors (Lipinski definition) is 1. The van der Waals surface area contributed by atoms with Gasteiger partial charge >= 0.3 is 0 Å². The maximum atomic E-state index is 4.50. The van der Waals surface area contributed by atoms with E-state index >= 15 is 0 Å². The number of nitrogens with zero attached hydrogens (tertiary/aromatic N) is 4. The van der Waals surface area contributed by atoms with Crippen LogP contribution >= 0.6 is 11.3 Å². The predicted octanol–water partition coefficient (Wildman–Crippen LogP) is 1.83. The molecule has 2 heterocycles. The number of thiazole rings is 1. The van der Waals surface area contributed by atoms with E-state index in [1.807, 2.05) is 19.4 Å². The summed E-state index contributed by atoms with van der Waals surface area (Å²) in [5.74, 6) is 0. The van der Waals surface area contributed by atoms with Gasteiger partial charge < -0.3 is 0 Å². The fourth-order valence-corrected chi connectivity index (χ4v) is 3.51. The Balaban J connectivity index is 1.75. The molecule has 0 amide bonds. The van der Waals surface area contributed by atoms with Crippen molar-refractivity contribution in [2.75, 3.05) is 0 Å². The molecule has 0 unspecified atom stereocenters. The van der Waals surface area contributed by atoms with Crippen molar-refractivity contribution >= 4 is 11.3 Å². The Bertz CT molecular complexity index is 498. The average Bonchev–Trinajstić information content (AvgIpc) is 3.08. The summed E-state index contributed by atoms with van der Waals surface area (Å²) in [5, 5.41) is 15.3. The molecular weight excluding hydrogens is 246 g/mol. The summed E-state index contributed by atoms with van der Waals surface area (Å²) in [6, 6.07) is 0. The van der Waals surface area contributed by atoms with Gasteiger partial charge in [-0.1, -0.05) is 12.8 Å². The lowest BCUT2D eigenvalue weighted by Crippen LogP contribution is -2.39. The first kappa shape index (κ1) is 11.8. The third-order valence-corrected chi connectivity index (χ3v) is 4.53. The summed E-state index contributed by atoms with van der Waals surface area (Å²) in [7, 11) is 1.84. The van der Waals surface area contributed by atoms with Gasteiger partial charge in [0.15, 0.2) is 0 Å². The molecule has 0 saturated heterocycles. The van der Waals surface area contributed by atoms with Crippen LogP contribution in [-0.4, -0.2) is 20.0 Å². The van der Waals surface area contributed by atoms with E-state index in [0.717, 1.165) is 12.2 Å². The number of nitrogens with one attached hydrogen (secondary N) is 1. The van der Waals surface area contributed by atoms with E-state index in [-0.39, 0.29) is 5.54 Å². The second kappa shape index (κ2) is 4.78. The first-order chi connectivity index (χ1) is 8.78. The van der Waals surface area contributed by atoms with E-state index in [4.69, 9.17) is 0 Å². The molecule has 0 aromatic carbocycles. The Morgan fingerprint density at radius 2 is 2.28 bits per heavy atom. The van der Waals surface area contributed by atoms with Crippen molar-refractivity contribution < 1.29 is 0 Å². The minimum atomic E-state index is 0.0612. The molecule has 3 rings (SSSR count). The highest BCUT2D eigenvalue weighted by Gasteiger charge is 2.37. The fourth-order valence-electron chi connectivity index (χ4n) is 2.63. The Hall–Kier alpha value is -1.27. The van der Waals surface area contributed by atoms with Crippen LogP contribution in [0.4, 0.5) is 0 Å². The highest BCUT2D eigenvalue weighted by molar-refractivity contribution is 7.09. The Kier molecular flexibility index (Phi) is 3.13. The molecule has 0 spiro atoms. The number of rotatable bonds is 4. The molecule has 0 radical (unpaired) electrons. The van der Waals surface area contributed by atoms with E-state index in [1.165, 1.54) is 30.7 Å². The van der Waals surface area contributed by atoms with Gasteiger partial charge in [0.05, 0.1) is 17.4 Å². The molecule has 2 aromatic rings. The van der Waals surface area contributed by atoms with Crippen molar-refractivity contribution in [3.8, 4) is 0 Å². The van der Waals surface area contributed by atoms with Crippen molar-refractivity contribution in [1.29, 1.82) is 0 Å². The summed E-state index contributed by atoms with van der Waals surface area (Å²) >= 11 is 1.74. The maximum Gasteiger partial charge on any atom is 0.113 e. The predicted molar refractivity (Wildman–Crippen MR) is 70.1 cm³/mol. The van der Waals surface area contributed by atoms with Gasteiger partial charge in [-0.3, -0.25) is 5.32 Å². The van der Waals surface area contributed by atoms with Crippen LogP contribution in [0.3, 0.4) is 0 Å². The minimum Gasteiger partial charge on any atom is -0.300 e. The summed E-state index contributed by atoms with van der Waals surface area (Å²) in [5.41, 5.74) is 1.05. The molecule has 1 fully saturated rings. The van der Waals surface area contributed by atoms with Crippen molar-refractivity contribution in [2.24, 2.45) is 7.05 Å². The zero-order chi connectivity index (χ0) is 12.4. The van der Waals surface area contributed by atoms with Gasteiger partial charge in [-0.2, -0.15) is 15.0 Å². The van der Waals surface area contributed by atoms with E-state index in [0.29, 0.717) is 0 Å². The van der Waals surface area contributed by atoms with Gasteiger partial charge in [0.25, 0.3) is 0 Å². The van der Waals surface area contributed by atoms with Crippen LogP contribution in [0, 0.1) is 0 Å². The third-order valence-electron chi connectivity index (χ3n) is 3.55. The maximum absolute atomic E-state index is 4.50. The second-order valence-corrected chi connectivity index (χ2v) is 5.70. The molecule has 6 heteroatoms. The van der Waals surface area contributed by atoms with Gasteiger partial charge in [-0.25, -0.2) is 4.98 Å². The molecule has 18 heavy (non-hydrogen) atoms. The monoisotopic (exact) mass is 263 g/mol. The highest BCUT2D eigenvalue weighted by Crippen LogP contribution is 2.39. The summed E-state index contributed by atoms with van der Waals surface area (Å²) < 4.78 is 0. The van der Waals surface area contributed by atoms with Gasteiger partial charge in [0, 0.05) is 25.2 Å². The smallest absolute Gasteiger partial charge is 0.113 e. The largest absolute Gasteiger partial charge is 0.300 e. The zero-order valence-corrected chi connectivity index (χ0v) is 11.3. The molecule has 96 valence electrons. The van der Waals surface area contributed by atoms with Gasteiger partial charge in [-0.05, 0) is 12.8 Å². The topological polar surface area (TPSA) is 55.6 Å². The normalized spacial score (nSPS) is 18.3. The fraction of sp³-hybridized carbons (Fsp3) is 0.583. The van der Waals surface area contributed by atoms with Crippen LogP contribution < -0.4 is 5.32 Å². The Morgan fingerprint density at radius 3 is 2.89 bits per heavy atom. The molecule has 1 aliphatic rings.